The van der Waals surface area contributed by atoms with E-state index in [-0.39, 0.29) is 0 Å². The first-order chi connectivity index (χ1) is 35.2. The second kappa shape index (κ2) is 16.5. The van der Waals surface area contributed by atoms with Crippen LogP contribution in [0, 0.1) is 0 Å². The molecule has 0 amide bonds. The van der Waals surface area contributed by atoms with E-state index in [4.69, 9.17) is 9.97 Å². The Morgan fingerprint density at radius 1 is 0.254 bits per heavy atom. The van der Waals surface area contributed by atoms with Crippen LogP contribution in [-0.4, -0.2) is 9.97 Å². The molecule has 1 heterocycles. The average Bonchev–Trinajstić information content (AvgIpc) is 3.75. The van der Waals surface area contributed by atoms with Gasteiger partial charge in [0.25, 0.3) is 0 Å². The second-order valence-electron chi connectivity index (χ2n) is 18.8. The molecule has 0 saturated carbocycles. The zero-order chi connectivity index (χ0) is 46.9. The van der Waals surface area contributed by atoms with Crippen molar-refractivity contribution < 1.29 is 0 Å². The van der Waals surface area contributed by atoms with Crippen LogP contribution in [0.15, 0.2) is 267 Å². The number of fused-ring (bicyclic) bond motifs is 8. The highest BCUT2D eigenvalue weighted by molar-refractivity contribution is 6.20. The summed E-state index contributed by atoms with van der Waals surface area (Å²) in [4.78, 5) is 10.7. The fourth-order valence-electron chi connectivity index (χ4n) is 11.8. The summed E-state index contributed by atoms with van der Waals surface area (Å²) in [6.07, 6.45) is 0. The summed E-state index contributed by atoms with van der Waals surface area (Å²) in [7, 11) is 0. The Hall–Kier alpha value is -9.24. The van der Waals surface area contributed by atoms with E-state index >= 15 is 0 Å². The van der Waals surface area contributed by atoms with E-state index < -0.39 is 5.41 Å². The number of hydrogen-bond acceptors (Lipinski definition) is 2. The number of benzene rings is 12. The largest absolute Gasteiger partial charge is 0.228 e. The van der Waals surface area contributed by atoms with Gasteiger partial charge in [-0.2, -0.15) is 0 Å². The van der Waals surface area contributed by atoms with Gasteiger partial charge in [0.05, 0.1) is 16.8 Å². The van der Waals surface area contributed by atoms with Gasteiger partial charge in [0.15, 0.2) is 5.82 Å². The van der Waals surface area contributed by atoms with E-state index in [9.17, 15) is 0 Å². The third-order valence-electron chi connectivity index (χ3n) is 15.0. The van der Waals surface area contributed by atoms with E-state index in [1.54, 1.807) is 0 Å². The molecule has 1 aliphatic carbocycles. The lowest BCUT2D eigenvalue weighted by atomic mass is 9.67. The molecule has 0 fully saturated rings. The lowest BCUT2D eigenvalue weighted by Gasteiger charge is -2.33. The molecule has 2 nitrogen and oxygen atoms in total. The van der Waals surface area contributed by atoms with Gasteiger partial charge in [-0.15, -0.1) is 0 Å². The van der Waals surface area contributed by atoms with Crippen LogP contribution in [0.1, 0.15) is 22.3 Å². The van der Waals surface area contributed by atoms with E-state index in [1.807, 2.05) is 6.07 Å². The minimum Gasteiger partial charge on any atom is -0.228 e. The monoisotopic (exact) mass is 900 g/mol. The van der Waals surface area contributed by atoms with Crippen LogP contribution in [0.3, 0.4) is 0 Å². The van der Waals surface area contributed by atoms with Crippen molar-refractivity contribution in [2.24, 2.45) is 0 Å². The van der Waals surface area contributed by atoms with Crippen molar-refractivity contribution in [1.82, 2.24) is 9.97 Å². The van der Waals surface area contributed by atoms with Crippen molar-refractivity contribution in [3.63, 3.8) is 0 Å². The molecular formula is C69H44N2. The molecule has 0 bridgehead atoms. The molecule has 2 heteroatoms. The molecule has 0 N–H and O–H groups in total. The Balaban J connectivity index is 0.903. The van der Waals surface area contributed by atoms with Crippen molar-refractivity contribution in [2.45, 2.75) is 5.41 Å². The summed E-state index contributed by atoms with van der Waals surface area (Å²) >= 11 is 0. The Bertz CT molecular complexity index is 4160. The van der Waals surface area contributed by atoms with Crippen LogP contribution in [0.2, 0.25) is 0 Å². The van der Waals surface area contributed by atoms with Crippen LogP contribution in [0.25, 0.3) is 110 Å². The fourth-order valence-corrected chi connectivity index (χ4v) is 11.8. The van der Waals surface area contributed by atoms with Crippen LogP contribution in [-0.2, 0) is 5.41 Å². The number of aromatic nitrogens is 2. The van der Waals surface area contributed by atoms with Crippen molar-refractivity contribution >= 4 is 43.1 Å². The topological polar surface area (TPSA) is 25.8 Å². The molecule has 1 aliphatic rings. The van der Waals surface area contributed by atoms with E-state index in [0.717, 1.165) is 33.5 Å². The Morgan fingerprint density at radius 3 is 1.55 bits per heavy atom. The molecule has 71 heavy (non-hydrogen) atoms. The minimum atomic E-state index is -0.473. The predicted octanol–water partition coefficient (Wildman–Crippen LogP) is 17.8. The molecule has 0 aliphatic heterocycles. The van der Waals surface area contributed by atoms with Gasteiger partial charge in [-0.1, -0.05) is 249 Å². The third kappa shape index (κ3) is 6.49. The van der Waals surface area contributed by atoms with Gasteiger partial charge in [0.1, 0.15) is 0 Å². The van der Waals surface area contributed by atoms with E-state index in [2.05, 4.69) is 261 Å². The number of rotatable bonds is 7. The summed E-state index contributed by atoms with van der Waals surface area (Å²) in [5.74, 6) is 0.694. The Labute approximate surface area is 412 Å². The summed E-state index contributed by atoms with van der Waals surface area (Å²) in [5.41, 5.74) is 16.7. The van der Waals surface area contributed by atoms with Crippen LogP contribution < -0.4 is 0 Å². The zero-order valence-corrected chi connectivity index (χ0v) is 38.8. The molecule has 13 aromatic rings. The lowest BCUT2D eigenvalue weighted by molar-refractivity contribution is 0.768. The summed E-state index contributed by atoms with van der Waals surface area (Å²) in [5, 5.41) is 9.89. The molecular weight excluding hydrogens is 857 g/mol. The average molecular weight is 901 g/mol. The number of hydrogen-bond donors (Lipinski definition) is 0. The molecule has 0 atom stereocenters. The first kappa shape index (κ1) is 40.8. The van der Waals surface area contributed by atoms with Gasteiger partial charge < -0.3 is 0 Å². The lowest BCUT2D eigenvalue weighted by Crippen LogP contribution is -2.28. The molecule has 0 spiro atoms. The standard InChI is InChI=1S/C69H44N2/c1-4-19-48(20-5-1)68-70-65(50-37-41-64-62(43-50)58-30-16-17-31-63(58)69(64,51-22-6-2-7-23-51)52-24-8-3-9-25-52)44-66(71-68)59-40-39-54(56-28-14-15-29-57(56)59)46-32-34-47(35-33-46)67-55-27-13-11-21-49(55)42-61-53-26-12-10-18-45(53)36-38-60(61)67/h1-44H. The Kier molecular flexibility index (Phi) is 9.47. The molecule has 14 rings (SSSR count). The molecule has 0 saturated heterocycles. The second-order valence-corrected chi connectivity index (χ2v) is 18.8. The number of nitrogens with zero attached hydrogens (tertiary/aromatic N) is 2. The quantitative estimate of drug-likeness (QED) is 0.118. The predicted molar refractivity (Wildman–Crippen MR) is 297 cm³/mol. The van der Waals surface area contributed by atoms with Gasteiger partial charge >= 0.3 is 0 Å². The summed E-state index contributed by atoms with van der Waals surface area (Å²) in [6, 6.07) is 97.2. The van der Waals surface area contributed by atoms with E-state index in [1.165, 1.54) is 93.3 Å². The maximum Gasteiger partial charge on any atom is 0.160 e. The van der Waals surface area contributed by atoms with Crippen molar-refractivity contribution in [1.29, 1.82) is 0 Å². The summed E-state index contributed by atoms with van der Waals surface area (Å²) in [6.45, 7) is 0. The maximum absolute atomic E-state index is 5.37. The third-order valence-corrected chi connectivity index (χ3v) is 15.0. The van der Waals surface area contributed by atoms with Crippen molar-refractivity contribution in [3.05, 3.63) is 289 Å². The molecule has 1 aromatic heterocycles. The summed E-state index contributed by atoms with van der Waals surface area (Å²) < 4.78 is 0. The minimum absolute atomic E-state index is 0.473. The van der Waals surface area contributed by atoms with Crippen LogP contribution >= 0.6 is 0 Å². The van der Waals surface area contributed by atoms with Gasteiger partial charge in [-0.25, -0.2) is 9.97 Å². The van der Waals surface area contributed by atoms with Gasteiger partial charge in [-0.3, -0.25) is 0 Å². The maximum atomic E-state index is 5.37. The first-order valence-electron chi connectivity index (χ1n) is 24.5. The molecule has 0 radical (unpaired) electrons. The zero-order valence-electron chi connectivity index (χ0n) is 38.8. The van der Waals surface area contributed by atoms with Crippen molar-refractivity contribution in [2.75, 3.05) is 0 Å². The smallest absolute Gasteiger partial charge is 0.160 e. The van der Waals surface area contributed by atoms with Gasteiger partial charge in [-0.05, 0) is 117 Å². The normalized spacial score (nSPS) is 12.6. The first-order valence-corrected chi connectivity index (χ1v) is 24.5. The SMILES string of the molecule is c1ccc(-c2nc(-c3ccc4c(c3)-c3ccccc3C4(c3ccccc3)c3ccccc3)cc(-c3ccc(-c4ccc(-c5c6ccccc6cc6c5ccc5ccccc56)cc4)c4ccccc34)n2)cc1. The Morgan fingerprint density at radius 2 is 0.803 bits per heavy atom. The molecule has 12 aromatic carbocycles. The highest BCUT2D eigenvalue weighted by Gasteiger charge is 2.46. The van der Waals surface area contributed by atoms with Crippen LogP contribution in [0.5, 0.6) is 0 Å². The fraction of sp³-hybridized carbons (Fsp3) is 0.0145. The van der Waals surface area contributed by atoms with Gasteiger partial charge in [0, 0.05) is 16.7 Å². The molecule has 330 valence electrons. The van der Waals surface area contributed by atoms with Crippen LogP contribution in [0.4, 0.5) is 0 Å². The highest BCUT2D eigenvalue weighted by atomic mass is 14.9. The van der Waals surface area contributed by atoms with Gasteiger partial charge in [0.2, 0.25) is 0 Å². The van der Waals surface area contributed by atoms with Crippen molar-refractivity contribution in [3.8, 4) is 67.3 Å². The highest BCUT2D eigenvalue weighted by Crippen LogP contribution is 2.56. The molecule has 0 unspecified atom stereocenters. The van der Waals surface area contributed by atoms with E-state index in [0.29, 0.717) is 5.82 Å².